The number of fused-ring (bicyclic) bond motifs is 3. The maximum absolute atomic E-state index is 13.7. The molecule has 1 fully saturated rings. The fourth-order valence-corrected chi connectivity index (χ4v) is 6.70. The van der Waals surface area contributed by atoms with Gasteiger partial charge in [-0.3, -0.25) is 19.0 Å². The van der Waals surface area contributed by atoms with Crippen LogP contribution in [0.5, 0.6) is 0 Å². The molecular formula is C25H28N4O4S2. The Morgan fingerprint density at radius 1 is 1.31 bits per heavy atom. The zero-order valence-corrected chi connectivity index (χ0v) is 21.5. The van der Waals surface area contributed by atoms with Gasteiger partial charge in [0.05, 0.1) is 30.3 Å². The van der Waals surface area contributed by atoms with Crippen LogP contribution in [-0.4, -0.2) is 51.3 Å². The van der Waals surface area contributed by atoms with Crippen molar-refractivity contribution in [3.8, 4) is 0 Å². The van der Waals surface area contributed by atoms with Crippen molar-refractivity contribution in [3.63, 3.8) is 0 Å². The number of carbonyl (C=O) groups is 2. The summed E-state index contributed by atoms with van der Waals surface area (Å²) in [4.78, 5) is 46.7. The fraction of sp³-hybridized carbons (Fsp3) is 0.440. The molecule has 8 nitrogen and oxygen atoms in total. The summed E-state index contributed by atoms with van der Waals surface area (Å²) < 4.78 is 7.50. The van der Waals surface area contributed by atoms with Crippen LogP contribution in [-0.2, 0) is 33.8 Å². The maximum atomic E-state index is 13.7. The highest BCUT2D eigenvalue weighted by Crippen LogP contribution is 2.34. The summed E-state index contributed by atoms with van der Waals surface area (Å²) in [7, 11) is 0. The third kappa shape index (κ3) is 5.00. The number of nitrogens with zero attached hydrogens (tertiary/aromatic N) is 3. The van der Waals surface area contributed by atoms with E-state index < -0.39 is 0 Å². The number of hydrogen-bond donors (Lipinski definition) is 1. The smallest absolute Gasteiger partial charge is 0.263 e. The molecule has 1 saturated heterocycles. The molecule has 0 radical (unpaired) electrons. The second-order valence-corrected chi connectivity index (χ2v) is 11.0. The lowest BCUT2D eigenvalue weighted by Crippen LogP contribution is -2.34. The van der Waals surface area contributed by atoms with E-state index >= 15 is 0 Å². The number of aromatic nitrogens is 2. The maximum Gasteiger partial charge on any atom is 0.263 e. The molecule has 5 rings (SSSR count). The van der Waals surface area contributed by atoms with Crippen molar-refractivity contribution in [2.24, 2.45) is 0 Å². The lowest BCUT2D eigenvalue weighted by molar-refractivity contribution is -0.129. The average Bonchev–Trinajstić information content (AvgIpc) is 3.48. The summed E-state index contributed by atoms with van der Waals surface area (Å²) in [5, 5.41) is 4.13. The van der Waals surface area contributed by atoms with Crippen molar-refractivity contribution in [2.45, 2.75) is 57.5 Å². The van der Waals surface area contributed by atoms with Gasteiger partial charge < -0.3 is 15.0 Å². The zero-order valence-electron chi connectivity index (χ0n) is 19.8. The van der Waals surface area contributed by atoms with E-state index in [1.165, 1.54) is 23.1 Å². The van der Waals surface area contributed by atoms with Gasteiger partial charge in [0.15, 0.2) is 5.16 Å². The molecule has 2 aromatic heterocycles. The van der Waals surface area contributed by atoms with Crippen molar-refractivity contribution >= 4 is 50.8 Å². The number of thiophene rings is 1. The van der Waals surface area contributed by atoms with Crippen molar-refractivity contribution in [3.05, 3.63) is 50.6 Å². The molecule has 10 heteroatoms. The first-order valence-corrected chi connectivity index (χ1v) is 13.6. The summed E-state index contributed by atoms with van der Waals surface area (Å²) in [5.74, 6) is 0.0266. The van der Waals surface area contributed by atoms with E-state index in [-0.39, 0.29) is 29.2 Å². The van der Waals surface area contributed by atoms with Crippen LogP contribution in [0.4, 0.5) is 5.69 Å². The molecular weight excluding hydrogens is 484 g/mol. The second-order valence-electron chi connectivity index (χ2n) is 8.97. The van der Waals surface area contributed by atoms with Gasteiger partial charge in [-0.1, -0.05) is 30.0 Å². The highest BCUT2D eigenvalue weighted by Gasteiger charge is 2.27. The summed E-state index contributed by atoms with van der Waals surface area (Å²) >= 11 is 2.75. The lowest BCUT2D eigenvalue weighted by Gasteiger charge is -2.25. The molecule has 0 spiro atoms. The highest BCUT2D eigenvalue weighted by atomic mass is 32.2. The van der Waals surface area contributed by atoms with Gasteiger partial charge >= 0.3 is 0 Å². The standard InChI is InChI=1S/C25H28N4O4S2/c1-15-6-3-4-8-19(15)26-21(31)14-34-25-27-23-22(24(32)29(25)12-17-7-5-11-33-17)18-9-10-28(16(2)30)13-20(18)35-23/h3-4,6,8,17H,5,7,9-14H2,1-2H3,(H,26,31)/t17-/m1/s1. The van der Waals surface area contributed by atoms with Gasteiger partial charge in [0.2, 0.25) is 11.8 Å². The minimum atomic E-state index is -0.148. The Morgan fingerprint density at radius 3 is 2.89 bits per heavy atom. The van der Waals surface area contributed by atoms with Crippen LogP contribution in [0, 0.1) is 6.92 Å². The van der Waals surface area contributed by atoms with Crippen molar-refractivity contribution < 1.29 is 14.3 Å². The number of hydrogen-bond acceptors (Lipinski definition) is 7. The van der Waals surface area contributed by atoms with E-state index in [2.05, 4.69) is 5.32 Å². The van der Waals surface area contributed by atoms with Gasteiger partial charge in [-0.2, -0.15) is 0 Å². The summed E-state index contributed by atoms with van der Waals surface area (Å²) in [6.07, 6.45) is 2.50. The van der Waals surface area contributed by atoms with Gasteiger partial charge in [0.1, 0.15) is 4.83 Å². The van der Waals surface area contributed by atoms with Crippen molar-refractivity contribution in [1.82, 2.24) is 14.5 Å². The Balaban J connectivity index is 1.45. The predicted octanol–water partition coefficient (Wildman–Crippen LogP) is 3.58. The number of aryl methyl sites for hydroxylation is 1. The number of nitrogens with one attached hydrogen (secondary N) is 1. The topological polar surface area (TPSA) is 93.5 Å². The first-order chi connectivity index (χ1) is 16.9. The van der Waals surface area contributed by atoms with Gasteiger partial charge in [-0.25, -0.2) is 4.98 Å². The number of carbonyl (C=O) groups excluding carboxylic acids is 2. The molecule has 1 atom stereocenters. The first kappa shape index (κ1) is 24.0. The number of rotatable bonds is 6. The van der Waals surface area contributed by atoms with Gasteiger partial charge in [-0.15, -0.1) is 11.3 Å². The number of amides is 2. The van der Waals surface area contributed by atoms with Crippen LogP contribution in [0.3, 0.4) is 0 Å². The third-order valence-corrected chi connectivity index (χ3v) is 8.62. The monoisotopic (exact) mass is 512 g/mol. The molecule has 0 aliphatic carbocycles. The fourth-order valence-electron chi connectivity index (χ4n) is 4.62. The molecule has 184 valence electrons. The first-order valence-electron chi connectivity index (χ1n) is 11.8. The number of para-hydroxylation sites is 1. The molecule has 2 aliphatic rings. The van der Waals surface area contributed by atoms with E-state index in [0.29, 0.717) is 48.0 Å². The molecule has 2 aliphatic heterocycles. The molecule has 2 amide bonds. The van der Waals surface area contributed by atoms with Gasteiger partial charge in [0, 0.05) is 30.6 Å². The largest absolute Gasteiger partial charge is 0.376 e. The molecule has 0 saturated carbocycles. The third-order valence-electron chi connectivity index (χ3n) is 6.53. The molecule has 1 N–H and O–H groups in total. The zero-order chi connectivity index (χ0) is 24.5. The highest BCUT2D eigenvalue weighted by molar-refractivity contribution is 7.99. The Morgan fingerprint density at radius 2 is 2.14 bits per heavy atom. The Hall–Kier alpha value is -2.69. The number of benzene rings is 1. The predicted molar refractivity (Wildman–Crippen MR) is 138 cm³/mol. The van der Waals surface area contributed by atoms with E-state index in [0.717, 1.165) is 34.5 Å². The van der Waals surface area contributed by atoms with E-state index in [1.54, 1.807) is 16.4 Å². The SMILES string of the molecule is CC(=O)N1CCc2c(sc3nc(SCC(=O)Nc4ccccc4C)n(C[C@H]4CCCO4)c(=O)c23)C1. The molecule has 4 heterocycles. The van der Waals surface area contributed by atoms with Crippen molar-refractivity contribution in [1.29, 1.82) is 0 Å². The van der Waals surface area contributed by atoms with E-state index in [9.17, 15) is 14.4 Å². The van der Waals surface area contributed by atoms with Crippen LogP contribution in [0.15, 0.2) is 34.2 Å². The van der Waals surface area contributed by atoms with Crippen LogP contribution in [0.1, 0.15) is 35.8 Å². The molecule has 0 bridgehead atoms. The lowest BCUT2D eigenvalue weighted by atomic mass is 10.1. The minimum absolute atomic E-state index is 0.0326. The van der Waals surface area contributed by atoms with Crippen molar-refractivity contribution in [2.75, 3.05) is 24.2 Å². The van der Waals surface area contributed by atoms with E-state index in [4.69, 9.17) is 9.72 Å². The van der Waals surface area contributed by atoms with Crippen LogP contribution in [0.25, 0.3) is 10.2 Å². The normalized spacial score (nSPS) is 17.5. The Kier molecular flexibility index (Phi) is 6.95. The second kappa shape index (κ2) is 10.1. The molecule has 3 aromatic rings. The van der Waals surface area contributed by atoms with Gasteiger partial charge in [0.25, 0.3) is 5.56 Å². The van der Waals surface area contributed by atoms with Crippen LogP contribution < -0.4 is 10.9 Å². The van der Waals surface area contributed by atoms with Crippen LogP contribution >= 0.6 is 23.1 Å². The van der Waals surface area contributed by atoms with Gasteiger partial charge in [-0.05, 0) is 43.4 Å². The quantitative estimate of drug-likeness (QED) is 0.401. The summed E-state index contributed by atoms with van der Waals surface area (Å²) in [6, 6.07) is 7.63. The number of anilines is 1. The molecule has 0 unspecified atom stereocenters. The van der Waals surface area contributed by atoms with Crippen LogP contribution in [0.2, 0.25) is 0 Å². The summed E-state index contributed by atoms with van der Waals surface area (Å²) in [5.41, 5.74) is 2.69. The Bertz CT molecular complexity index is 1340. The average molecular weight is 513 g/mol. The minimum Gasteiger partial charge on any atom is -0.376 e. The molecule has 35 heavy (non-hydrogen) atoms. The Labute approximate surface area is 211 Å². The molecule has 1 aromatic carbocycles. The van der Waals surface area contributed by atoms with E-state index in [1.807, 2.05) is 31.2 Å². The number of ether oxygens (including phenoxy) is 1. The summed E-state index contributed by atoms with van der Waals surface area (Å²) in [6.45, 7) is 5.76. The number of thioether (sulfide) groups is 1.